The number of rotatable bonds is 5. The normalized spacial score (nSPS) is 13.6. The molecule has 1 unspecified atom stereocenters. The first kappa shape index (κ1) is 15.5. The van der Waals surface area contributed by atoms with Gasteiger partial charge in [0.2, 0.25) is 0 Å². The number of aliphatic hydroxyl groups excluding tert-OH is 1. The molecule has 3 N–H and O–H groups in total. The molecule has 0 saturated heterocycles. The molecule has 0 fully saturated rings. The minimum Gasteiger partial charge on any atom is -0.392 e. The summed E-state index contributed by atoms with van der Waals surface area (Å²) in [7, 11) is 0. The summed E-state index contributed by atoms with van der Waals surface area (Å²) >= 11 is 0. The van der Waals surface area contributed by atoms with Gasteiger partial charge in [0.1, 0.15) is 0 Å². The maximum absolute atomic E-state index is 12.2. The summed E-state index contributed by atoms with van der Waals surface area (Å²) in [5.41, 5.74) is 1.13. The number of hydrogen-bond donors (Lipinski definition) is 3. The van der Waals surface area contributed by atoms with Crippen molar-refractivity contribution in [1.82, 2.24) is 15.5 Å². The van der Waals surface area contributed by atoms with Crippen LogP contribution in [0.5, 0.6) is 0 Å². The lowest BCUT2D eigenvalue weighted by Gasteiger charge is -2.33. The molecule has 2 aromatic rings. The standard InChI is InChI=1S/C16H23N3O2/c1-10(2)14(20)16(3,4)9-17-15(21)11-5-6-13-12(7-11)8-18-19-13/h5-8,10,14,20H,9H2,1-4H3,(H,17,21)(H,18,19). The van der Waals surface area contributed by atoms with Gasteiger partial charge in [-0.1, -0.05) is 27.7 Å². The molecule has 0 aliphatic carbocycles. The number of hydrogen-bond acceptors (Lipinski definition) is 3. The molecule has 0 saturated carbocycles. The Balaban J connectivity index is 2.04. The lowest BCUT2D eigenvalue weighted by atomic mass is 9.80. The monoisotopic (exact) mass is 289 g/mol. The van der Waals surface area contributed by atoms with Gasteiger partial charge in [-0.25, -0.2) is 0 Å². The first-order chi connectivity index (χ1) is 9.81. The maximum Gasteiger partial charge on any atom is 0.251 e. The number of H-pyrrole nitrogens is 1. The number of carbonyl (C=O) groups is 1. The highest BCUT2D eigenvalue weighted by Crippen LogP contribution is 2.25. The van der Waals surface area contributed by atoms with Crippen LogP contribution in [-0.2, 0) is 0 Å². The highest BCUT2D eigenvalue weighted by Gasteiger charge is 2.30. The zero-order valence-corrected chi connectivity index (χ0v) is 13.0. The van der Waals surface area contributed by atoms with Crippen molar-refractivity contribution in [3.63, 3.8) is 0 Å². The fourth-order valence-electron chi connectivity index (χ4n) is 2.50. The zero-order valence-electron chi connectivity index (χ0n) is 13.0. The Bertz CT molecular complexity index is 631. The Hall–Kier alpha value is -1.88. The minimum absolute atomic E-state index is 0.137. The van der Waals surface area contributed by atoms with Crippen LogP contribution >= 0.6 is 0 Å². The molecule has 1 aromatic carbocycles. The van der Waals surface area contributed by atoms with Crippen LogP contribution < -0.4 is 5.32 Å². The van der Waals surface area contributed by atoms with E-state index in [2.05, 4.69) is 15.5 Å². The van der Waals surface area contributed by atoms with Gasteiger partial charge in [0.15, 0.2) is 0 Å². The second kappa shape index (κ2) is 5.85. The molecule has 114 valence electrons. The lowest BCUT2D eigenvalue weighted by molar-refractivity contribution is 0.0138. The van der Waals surface area contributed by atoms with Gasteiger partial charge >= 0.3 is 0 Å². The molecule has 1 amide bonds. The van der Waals surface area contributed by atoms with Crippen LogP contribution in [0.1, 0.15) is 38.1 Å². The van der Waals surface area contributed by atoms with Crippen molar-refractivity contribution in [1.29, 1.82) is 0 Å². The Morgan fingerprint density at radius 3 is 2.81 bits per heavy atom. The van der Waals surface area contributed by atoms with Crippen LogP contribution in [0.3, 0.4) is 0 Å². The average molecular weight is 289 g/mol. The van der Waals surface area contributed by atoms with Crippen molar-refractivity contribution in [3.8, 4) is 0 Å². The number of benzene rings is 1. The van der Waals surface area contributed by atoms with E-state index < -0.39 is 6.10 Å². The summed E-state index contributed by atoms with van der Waals surface area (Å²) < 4.78 is 0. The van der Waals surface area contributed by atoms with Crippen LogP contribution in [0, 0.1) is 11.3 Å². The Morgan fingerprint density at radius 1 is 1.43 bits per heavy atom. The van der Waals surface area contributed by atoms with Crippen LogP contribution in [0.15, 0.2) is 24.4 Å². The van der Waals surface area contributed by atoms with Gasteiger partial charge in [-0.05, 0) is 24.1 Å². The average Bonchev–Trinajstić information content (AvgIpc) is 2.91. The van der Waals surface area contributed by atoms with Gasteiger partial charge in [0, 0.05) is 22.9 Å². The summed E-state index contributed by atoms with van der Waals surface area (Å²) in [6.45, 7) is 8.28. The predicted octanol–water partition coefficient (Wildman–Crippen LogP) is 2.34. The maximum atomic E-state index is 12.2. The third-order valence-corrected chi connectivity index (χ3v) is 3.84. The molecule has 0 aliphatic rings. The smallest absolute Gasteiger partial charge is 0.251 e. The molecule has 5 heteroatoms. The predicted molar refractivity (Wildman–Crippen MR) is 83.1 cm³/mol. The molecular formula is C16H23N3O2. The second-order valence-electron chi connectivity index (χ2n) is 6.53. The summed E-state index contributed by atoms with van der Waals surface area (Å²) in [6, 6.07) is 5.41. The summed E-state index contributed by atoms with van der Waals surface area (Å²) in [5.74, 6) is 0.0151. The van der Waals surface area contributed by atoms with Crippen LogP contribution in [-0.4, -0.2) is 33.9 Å². The van der Waals surface area contributed by atoms with E-state index in [4.69, 9.17) is 0 Å². The van der Waals surface area contributed by atoms with Crippen molar-refractivity contribution in [3.05, 3.63) is 30.0 Å². The Morgan fingerprint density at radius 2 is 2.14 bits per heavy atom. The Kier molecular flexibility index (Phi) is 4.32. The van der Waals surface area contributed by atoms with E-state index in [-0.39, 0.29) is 17.2 Å². The van der Waals surface area contributed by atoms with Crippen molar-refractivity contribution >= 4 is 16.8 Å². The summed E-state index contributed by atoms with van der Waals surface area (Å²) in [6.07, 6.45) is 1.23. The van der Waals surface area contributed by atoms with Crippen molar-refractivity contribution in [2.45, 2.75) is 33.8 Å². The van der Waals surface area contributed by atoms with Crippen LogP contribution in [0.4, 0.5) is 0 Å². The number of fused-ring (bicyclic) bond motifs is 1. The molecule has 1 heterocycles. The van der Waals surface area contributed by atoms with Crippen molar-refractivity contribution in [2.24, 2.45) is 11.3 Å². The van der Waals surface area contributed by atoms with Gasteiger partial charge in [0.05, 0.1) is 17.8 Å². The van der Waals surface area contributed by atoms with Gasteiger partial charge in [-0.2, -0.15) is 5.10 Å². The van der Waals surface area contributed by atoms with E-state index in [0.29, 0.717) is 12.1 Å². The third-order valence-electron chi connectivity index (χ3n) is 3.84. The molecule has 0 spiro atoms. The number of nitrogens with one attached hydrogen (secondary N) is 2. The van der Waals surface area contributed by atoms with Gasteiger partial charge in [-0.15, -0.1) is 0 Å². The van der Waals surface area contributed by atoms with Gasteiger partial charge < -0.3 is 10.4 Å². The quantitative estimate of drug-likeness (QED) is 0.790. The number of carbonyl (C=O) groups excluding carboxylic acids is 1. The first-order valence-electron chi connectivity index (χ1n) is 7.20. The first-order valence-corrected chi connectivity index (χ1v) is 7.20. The van der Waals surface area contributed by atoms with Crippen molar-refractivity contribution < 1.29 is 9.90 Å². The molecule has 1 aromatic heterocycles. The van der Waals surface area contributed by atoms with Gasteiger partial charge in [0.25, 0.3) is 5.91 Å². The number of nitrogens with zero attached hydrogens (tertiary/aromatic N) is 1. The highest BCUT2D eigenvalue weighted by atomic mass is 16.3. The van der Waals surface area contributed by atoms with Crippen LogP contribution in [0.25, 0.3) is 10.9 Å². The lowest BCUT2D eigenvalue weighted by Crippen LogP contribution is -2.43. The van der Waals surface area contributed by atoms with E-state index >= 15 is 0 Å². The van der Waals surface area contributed by atoms with E-state index in [0.717, 1.165) is 10.9 Å². The van der Waals surface area contributed by atoms with E-state index in [9.17, 15) is 9.90 Å². The molecule has 0 bridgehead atoms. The van der Waals surface area contributed by atoms with E-state index in [1.165, 1.54) is 0 Å². The number of aromatic nitrogens is 2. The molecule has 21 heavy (non-hydrogen) atoms. The van der Waals surface area contributed by atoms with E-state index in [1.807, 2.05) is 33.8 Å². The summed E-state index contributed by atoms with van der Waals surface area (Å²) in [4.78, 5) is 12.2. The largest absolute Gasteiger partial charge is 0.392 e. The molecule has 5 nitrogen and oxygen atoms in total. The molecular weight excluding hydrogens is 266 g/mol. The number of amides is 1. The molecule has 0 radical (unpaired) electrons. The van der Waals surface area contributed by atoms with Crippen LogP contribution in [0.2, 0.25) is 0 Å². The Labute approximate surface area is 124 Å². The topological polar surface area (TPSA) is 78.0 Å². The zero-order chi connectivity index (χ0) is 15.6. The number of aromatic amines is 1. The molecule has 0 aliphatic heterocycles. The summed E-state index contributed by atoms with van der Waals surface area (Å²) in [5, 5.41) is 20.8. The fraction of sp³-hybridized carbons (Fsp3) is 0.500. The highest BCUT2D eigenvalue weighted by molar-refractivity contribution is 5.97. The minimum atomic E-state index is -0.464. The fourth-order valence-corrected chi connectivity index (χ4v) is 2.50. The second-order valence-corrected chi connectivity index (χ2v) is 6.53. The number of aliphatic hydroxyl groups is 1. The third kappa shape index (κ3) is 3.42. The SMILES string of the molecule is CC(C)C(O)C(C)(C)CNC(=O)c1ccc2[nH]ncc2c1. The molecule has 2 rings (SSSR count). The van der Waals surface area contributed by atoms with E-state index in [1.54, 1.807) is 18.3 Å². The molecule has 1 atom stereocenters. The van der Waals surface area contributed by atoms with Gasteiger partial charge in [-0.3, -0.25) is 9.89 Å². The van der Waals surface area contributed by atoms with Crippen molar-refractivity contribution in [2.75, 3.05) is 6.54 Å².